The Balaban J connectivity index is 1.76. The molecule has 1 fully saturated rings. The van der Waals surface area contributed by atoms with Gasteiger partial charge in [-0.25, -0.2) is 0 Å². The molecule has 2 aliphatic rings. The second-order valence-corrected chi connectivity index (χ2v) is 3.78. The Labute approximate surface area is 73.1 Å². The van der Waals surface area contributed by atoms with Crippen LogP contribution in [0.5, 0.6) is 0 Å². The van der Waals surface area contributed by atoms with Crippen LogP contribution in [0.25, 0.3) is 0 Å². The Morgan fingerprint density at radius 2 is 2.42 bits per heavy atom. The lowest BCUT2D eigenvalue weighted by Gasteiger charge is -2.19. The zero-order chi connectivity index (χ0) is 8.39. The van der Waals surface area contributed by atoms with Gasteiger partial charge in [-0.2, -0.15) is 0 Å². The highest BCUT2D eigenvalue weighted by molar-refractivity contribution is 4.89. The fourth-order valence-corrected chi connectivity index (χ4v) is 2.05. The third-order valence-electron chi connectivity index (χ3n) is 2.70. The molecule has 2 unspecified atom stereocenters. The molecule has 0 amide bonds. The van der Waals surface area contributed by atoms with Crippen LogP contribution in [-0.2, 0) is 0 Å². The summed E-state index contributed by atoms with van der Waals surface area (Å²) in [6.07, 6.45) is 7.20. The van der Waals surface area contributed by atoms with Crippen LogP contribution in [0, 0.1) is 5.92 Å². The molecule has 0 aromatic heterocycles. The van der Waals surface area contributed by atoms with E-state index in [0.29, 0.717) is 5.92 Å². The van der Waals surface area contributed by atoms with Gasteiger partial charge in [-0.1, -0.05) is 0 Å². The first-order valence-corrected chi connectivity index (χ1v) is 4.67. The monoisotopic (exact) mass is 168 g/mol. The molecule has 3 nitrogen and oxygen atoms in total. The number of nitrogens with zero attached hydrogens (tertiary/aromatic N) is 1. The third-order valence-corrected chi connectivity index (χ3v) is 2.70. The van der Waals surface area contributed by atoms with Gasteiger partial charge < -0.3 is 15.3 Å². The van der Waals surface area contributed by atoms with Gasteiger partial charge in [-0.15, -0.1) is 0 Å². The number of rotatable bonds is 2. The van der Waals surface area contributed by atoms with Crippen molar-refractivity contribution in [2.45, 2.75) is 25.4 Å². The highest BCUT2D eigenvalue weighted by atomic mass is 16.3. The SMILES string of the molecule is OC1CCC(CN2C=CNC2)C1. The molecular formula is C9H16N2O. The van der Waals surface area contributed by atoms with Crippen LogP contribution in [0.2, 0.25) is 0 Å². The third kappa shape index (κ3) is 1.72. The Kier molecular flexibility index (Phi) is 2.21. The minimum atomic E-state index is -0.0328. The maximum atomic E-state index is 9.32. The van der Waals surface area contributed by atoms with Gasteiger partial charge in [0.1, 0.15) is 0 Å². The summed E-state index contributed by atoms with van der Waals surface area (Å²) in [4.78, 5) is 2.27. The fraction of sp³-hybridized carbons (Fsp3) is 0.778. The maximum Gasteiger partial charge on any atom is 0.0867 e. The second-order valence-electron chi connectivity index (χ2n) is 3.78. The number of nitrogens with one attached hydrogen (secondary N) is 1. The first kappa shape index (κ1) is 7.92. The van der Waals surface area contributed by atoms with Gasteiger partial charge in [0.25, 0.3) is 0 Å². The standard InChI is InChI=1S/C9H16N2O/c12-9-2-1-8(5-9)6-11-4-3-10-7-11/h3-4,8-10,12H,1-2,5-7H2. The summed E-state index contributed by atoms with van der Waals surface area (Å²) in [7, 11) is 0. The normalized spacial score (nSPS) is 34.2. The van der Waals surface area contributed by atoms with E-state index in [9.17, 15) is 5.11 Å². The lowest BCUT2D eigenvalue weighted by molar-refractivity contribution is 0.174. The summed E-state index contributed by atoms with van der Waals surface area (Å²) in [5.74, 6) is 0.699. The highest BCUT2D eigenvalue weighted by Gasteiger charge is 2.24. The molecule has 2 rings (SSSR count). The molecule has 12 heavy (non-hydrogen) atoms. The van der Waals surface area contributed by atoms with Gasteiger partial charge in [-0.05, 0) is 25.2 Å². The summed E-state index contributed by atoms with van der Waals surface area (Å²) in [6.45, 7) is 2.03. The molecule has 1 aliphatic heterocycles. The van der Waals surface area contributed by atoms with Crippen molar-refractivity contribution in [2.75, 3.05) is 13.2 Å². The first-order valence-electron chi connectivity index (χ1n) is 4.67. The van der Waals surface area contributed by atoms with E-state index in [1.165, 1.54) is 6.42 Å². The fourth-order valence-electron chi connectivity index (χ4n) is 2.05. The molecule has 0 aromatic rings. The zero-order valence-corrected chi connectivity index (χ0v) is 7.24. The summed E-state index contributed by atoms with van der Waals surface area (Å²) in [6, 6.07) is 0. The van der Waals surface area contributed by atoms with E-state index < -0.39 is 0 Å². The van der Waals surface area contributed by atoms with Crippen molar-refractivity contribution in [2.24, 2.45) is 5.92 Å². The average molecular weight is 168 g/mol. The van der Waals surface area contributed by atoms with Crippen molar-refractivity contribution in [3.8, 4) is 0 Å². The molecule has 2 atom stereocenters. The quantitative estimate of drug-likeness (QED) is 0.629. The molecule has 1 aliphatic carbocycles. The van der Waals surface area contributed by atoms with Crippen LogP contribution < -0.4 is 5.32 Å². The van der Waals surface area contributed by atoms with Gasteiger partial charge in [-0.3, -0.25) is 0 Å². The largest absolute Gasteiger partial charge is 0.393 e. The van der Waals surface area contributed by atoms with Gasteiger partial charge in [0.05, 0.1) is 12.8 Å². The van der Waals surface area contributed by atoms with Crippen LogP contribution in [0.15, 0.2) is 12.4 Å². The molecule has 0 spiro atoms. The predicted octanol–water partition coefficient (Wildman–Crippen LogP) is 0.481. The van der Waals surface area contributed by atoms with E-state index in [2.05, 4.69) is 16.4 Å². The Bertz CT molecular complexity index is 181. The van der Waals surface area contributed by atoms with Gasteiger partial charge in [0, 0.05) is 18.9 Å². The predicted molar refractivity (Wildman–Crippen MR) is 47.2 cm³/mol. The topological polar surface area (TPSA) is 35.5 Å². The molecule has 3 heteroatoms. The van der Waals surface area contributed by atoms with E-state index in [4.69, 9.17) is 0 Å². The smallest absolute Gasteiger partial charge is 0.0867 e. The summed E-state index contributed by atoms with van der Waals surface area (Å²) >= 11 is 0. The van der Waals surface area contributed by atoms with Crippen LogP contribution in [-0.4, -0.2) is 29.3 Å². The molecule has 68 valence electrons. The van der Waals surface area contributed by atoms with Crippen molar-refractivity contribution in [3.05, 3.63) is 12.4 Å². The lowest BCUT2D eigenvalue weighted by Crippen LogP contribution is -2.26. The van der Waals surface area contributed by atoms with E-state index in [1.807, 2.05) is 6.20 Å². The van der Waals surface area contributed by atoms with Crippen molar-refractivity contribution in [1.29, 1.82) is 0 Å². The molecule has 0 bridgehead atoms. The minimum absolute atomic E-state index is 0.0328. The number of hydrogen-bond donors (Lipinski definition) is 2. The van der Waals surface area contributed by atoms with E-state index in [0.717, 1.165) is 26.1 Å². The van der Waals surface area contributed by atoms with E-state index >= 15 is 0 Å². The van der Waals surface area contributed by atoms with Crippen molar-refractivity contribution >= 4 is 0 Å². The van der Waals surface area contributed by atoms with Gasteiger partial charge in [0.15, 0.2) is 0 Å². The average Bonchev–Trinajstić information content (AvgIpc) is 2.63. The summed E-state index contributed by atoms with van der Waals surface area (Å²) < 4.78 is 0. The second kappa shape index (κ2) is 3.35. The van der Waals surface area contributed by atoms with Gasteiger partial charge in [0.2, 0.25) is 0 Å². The van der Waals surface area contributed by atoms with E-state index in [-0.39, 0.29) is 6.10 Å². The van der Waals surface area contributed by atoms with Crippen LogP contribution in [0.4, 0.5) is 0 Å². The Morgan fingerprint density at radius 1 is 1.50 bits per heavy atom. The molecule has 0 aromatic carbocycles. The van der Waals surface area contributed by atoms with Gasteiger partial charge >= 0.3 is 0 Å². The van der Waals surface area contributed by atoms with Crippen molar-refractivity contribution in [1.82, 2.24) is 10.2 Å². The zero-order valence-electron chi connectivity index (χ0n) is 7.24. The number of aliphatic hydroxyl groups excluding tert-OH is 1. The molecule has 1 saturated carbocycles. The van der Waals surface area contributed by atoms with Crippen LogP contribution >= 0.6 is 0 Å². The number of hydrogen-bond acceptors (Lipinski definition) is 3. The van der Waals surface area contributed by atoms with Crippen LogP contribution in [0.1, 0.15) is 19.3 Å². The maximum absolute atomic E-state index is 9.32. The summed E-state index contributed by atoms with van der Waals surface area (Å²) in [5, 5.41) is 12.5. The Morgan fingerprint density at radius 3 is 3.00 bits per heavy atom. The Hall–Kier alpha value is -0.700. The molecule has 2 N–H and O–H groups in total. The molecule has 0 saturated heterocycles. The molecular weight excluding hydrogens is 152 g/mol. The highest BCUT2D eigenvalue weighted by Crippen LogP contribution is 2.26. The van der Waals surface area contributed by atoms with E-state index in [1.54, 1.807) is 0 Å². The first-order chi connectivity index (χ1) is 5.84. The van der Waals surface area contributed by atoms with Crippen molar-refractivity contribution < 1.29 is 5.11 Å². The van der Waals surface area contributed by atoms with Crippen LogP contribution in [0.3, 0.4) is 0 Å². The van der Waals surface area contributed by atoms with Crippen molar-refractivity contribution in [3.63, 3.8) is 0 Å². The summed E-state index contributed by atoms with van der Waals surface area (Å²) in [5.41, 5.74) is 0. The number of aliphatic hydroxyl groups is 1. The molecule has 1 heterocycles. The lowest BCUT2D eigenvalue weighted by atomic mass is 10.1. The molecule has 0 radical (unpaired) electrons. The minimum Gasteiger partial charge on any atom is -0.393 e.